The van der Waals surface area contributed by atoms with E-state index in [-0.39, 0.29) is 5.91 Å². The number of hydrogen-bond donors (Lipinski definition) is 4. The quantitative estimate of drug-likeness (QED) is 0.292. The van der Waals surface area contributed by atoms with Crippen LogP contribution < -0.4 is 21.3 Å². The standard InChI is InChI=1S/C20H33N5O3/c1-5-21-18(23-13-14-24-19(27)28-20(2,3)4)22-12-11-17(26)25-15-16-9-7-6-8-10-16/h6-10H,5,11-15H2,1-4H3,(H,24,27)(H,25,26)(H2,21,22,23). The summed E-state index contributed by atoms with van der Waals surface area (Å²) in [5, 5.41) is 11.8. The molecule has 8 nitrogen and oxygen atoms in total. The molecule has 1 aromatic rings. The van der Waals surface area contributed by atoms with Gasteiger partial charge >= 0.3 is 6.09 Å². The SMILES string of the molecule is CCNC(=NCCC(=O)NCc1ccccc1)NCCNC(=O)OC(C)(C)C. The maximum atomic E-state index is 11.9. The number of ether oxygens (including phenoxy) is 1. The number of nitrogens with one attached hydrogen (secondary N) is 4. The molecule has 0 aliphatic heterocycles. The first-order valence-electron chi connectivity index (χ1n) is 9.60. The molecule has 0 heterocycles. The molecule has 0 fully saturated rings. The maximum absolute atomic E-state index is 11.9. The molecule has 0 aliphatic rings. The number of guanidine groups is 1. The minimum Gasteiger partial charge on any atom is -0.444 e. The van der Waals surface area contributed by atoms with E-state index in [9.17, 15) is 9.59 Å². The second kappa shape index (κ2) is 12.6. The molecule has 4 N–H and O–H groups in total. The highest BCUT2D eigenvalue weighted by Crippen LogP contribution is 2.05. The van der Waals surface area contributed by atoms with Crippen molar-refractivity contribution in [2.24, 2.45) is 4.99 Å². The summed E-state index contributed by atoms with van der Waals surface area (Å²) in [6, 6.07) is 9.77. The van der Waals surface area contributed by atoms with Crippen LogP contribution in [0.5, 0.6) is 0 Å². The lowest BCUT2D eigenvalue weighted by Gasteiger charge is -2.19. The number of benzene rings is 1. The van der Waals surface area contributed by atoms with E-state index in [1.54, 1.807) is 0 Å². The number of carbonyl (C=O) groups excluding carboxylic acids is 2. The van der Waals surface area contributed by atoms with E-state index in [1.165, 1.54) is 0 Å². The third-order valence-corrected chi connectivity index (χ3v) is 3.37. The highest BCUT2D eigenvalue weighted by atomic mass is 16.6. The minimum absolute atomic E-state index is 0.0463. The largest absolute Gasteiger partial charge is 0.444 e. The van der Waals surface area contributed by atoms with Crippen LogP contribution in [0.2, 0.25) is 0 Å². The van der Waals surface area contributed by atoms with Crippen LogP contribution in [0.25, 0.3) is 0 Å². The van der Waals surface area contributed by atoms with Crippen molar-refractivity contribution in [2.45, 2.75) is 46.3 Å². The zero-order valence-electron chi connectivity index (χ0n) is 17.3. The van der Waals surface area contributed by atoms with Crippen LogP contribution in [0.1, 0.15) is 39.7 Å². The van der Waals surface area contributed by atoms with Crippen molar-refractivity contribution in [2.75, 3.05) is 26.2 Å². The lowest BCUT2D eigenvalue weighted by atomic mass is 10.2. The summed E-state index contributed by atoms with van der Waals surface area (Å²) in [6.07, 6.45) is -0.147. The van der Waals surface area contributed by atoms with Crippen molar-refractivity contribution in [1.29, 1.82) is 0 Å². The van der Waals surface area contributed by atoms with Crippen LogP contribution in [0.15, 0.2) is 35.3 Å². The molecule has 156 valence electrons. The van der Waals surface area contributed by atoms with Crippen LogP contribution in [0.4, 0.5) is 4.79 Å². The fraction of sp³-hybridized carbons (Fsp3) is 0.550. The number of alkyl carbamates (subject to hydrolysis) is 1. The third-order valence-electron chi connectivity index (χ3n) is 3.37. The van der Waals surface area contributed by atoms with Gasteiger partial charge in [0.15, 0.2) is 5.96 Å². The summed E-state index contributed by atoms with van der Waals surface area (Å²) in [6.45, 7) is 9.88. The molecule has 0 atom stereocenters. The number of amides is 2. The van der Waals surface area contributed by atoms with Gasteiger partial charge in [-0.05, 0) is 33.3 Å². The summed E-state index contributed by atoms with van der Waals surface area (Å²) in [5.74, 6) is 0.555. The summed E-state index contributed by atoms with van der Waals surface area (Å²) < 4.78 is 5.17. The van der Waals surface area contributed by atoms with E-state index in [0.717, 1.165) is 5.56 Å². The van der Waals surface area contributed by atoms with Crippen molar-refractivity contribution in [3.05, 3.63) is 35.9 Å². The van der Waals surface area contributed by atoms with Crippen molar-refractivity contribution in [1.82, 2.24) is 21.3 Å². The minimum atomic E-state index is -0.519. The van der Waals surface area contributed by atoms with Gasteiger partial charge in [0.1, 0.15) is 5.60 Å². The highest BCUT2D eigenvalue weighted by molar-refractivity contribution is 5.80. The second-order valence-electron chi connectivity index (χ2n) is 7.13. The first-order valence-corrected chi connectivity index (χ1v) is 9.60. The normalized spacial score (nSPS) is 11.5. The van der Waals surface area contributed by atoms with Gasteiger partial charge in [-0.1, -0.05) is 30.3 Å². The number of carbonyl (C=O) groups is 2. The zero-order valence-corrected chi connectivity index (χ0v) is 17.3. The number of aliphatic imine (C=N–C) groups is 1. The molecule has 0 saturated carbocycles. The lowest BCUT2D eigenvalue weighted by Crippen LogP contribution is -2.42. The van der Waals surface area contributed by atoms with Crippen molar-refractivity contribution < 1.29 is 14.3 Å². The Labute approximate surface area is 167 Å². The Morgan fingerprint density at radius 2 is 1.68 bits per heavy atom. The monoisotopic (exact) mass is 391 g/mol. The molecule has 2 amide bonds. The smallest absolute Gasteiger partial charge is 0.407 e. The van der Waals surface area contributed by atoms with Crippen LogP contribution >= 0.6 is 0 Å². The average Bonchev–Trinajstić information content (AvgIpc) is 2.63. The fourth-order valence-electron chi connectivity index (χ4n) is 2.16. The molecule has 0 saturated heterocycles. The van der Waals surface area contributed by atoms with E-state index in [4.69, 9.17) is 4.74 Å². The molecule has 0 aliphatic carbocycles. The van der Waals surface area contributed by atoms with Crippen molar-refractivity contribution in [3.63, 3.8) is 0 Å². The molecule has 0 spiro atoms. The van der Waals surface area contributed by atoms with Gasteiger partial charge in [0.25, 0.3) is 0 Å². The van der Waals surface area contributed by atoms with E-state index >= 15 is 0 Å². The Morgan fingerprint density at radius 1 is 1.00 bits per heavy atom. The predicted molar refractivity (Wildman–Crippen MR) is 111 cm³/mol. The fourth-order valence-corrected chi connectivity index (χ4v) is 2.16. The first kappa shape index (κ1) is 23.3. The second-order valence-corrected chi connectivity index (χ2v) is 7.13. The molecule has 28 heavy (non-hydrogen) atoms. The van der Waals surface area contributed by atoms with Gasteiger partial charge in [-0.25, -0.2) is 4.79 Å². The van der Waals surface area contributed by atoms with Gasteiger partial charge in [0.2, 0.25) is 5.91 Å². The molecule has 0 unspecified atom stereocenters. The number of rotatable bonds is 9. The third kappa shape index (κ3) is 11.8. The Bertz CT molecular complexity index is 626. The first-order chi connectivity index (χ1) is 13.3. The Hall–Kier alpha value is -2.77. The molecule has 0 bridgehead atoms. The van der Waals surface area contributed by atoms with Crippen LogP contribution in [-0.4, -0.2) is 49.7 Å². The zero-order chi connectivity index (χ0) is 20.8. The van der Waals surface area contributed by atoms with Crippen molar-refractivity contribution >= 4 is 18.0 Å². The van der Waals surface area contributed by atoms with E-state index in [2.05, 4.69) is 26.3 Å². The maximum Gasteiger partial charge on any atom is 0.407 e. The molecule has 0 radical (unpaired) electrons. The molecule has 8 heteroatoms. The Morgan fingerprint density at radius 3 is 2.32 bits per heavy atom. The molecular formula is C20H33N5O3. The highest BCUT2D eigenvalue weighted by Gasteiger charge is 2.15. The van der Waals surface area contributed by atoms with E-state index in [1.807, 2.05) is 58.0 Å². The Kier molecular flexibility index (Phi) is 10.5. The summed E-state index contributed by atoms with van der Waals surface area (Å²) in [7, 11) is 0. The number of hydrogen-bond acceptors (Lipinski definition) is 4. The van der Waals surface area contributed by atoms with Gasteiger partial charge in [0.05, 0.1) is 6.54 Å². The van der Waals surface area contributed by atoms with Crippen LogP contribution in [0.3, 0.4) is 0 Å². The van der Waals surface area contributed by atoms with Gasteiger partial charge < -0.3 is 26.0 Å². The van der Waals surface area contributed by atoms with Gasteiger partial charge in [0, 0.05) is 32.6 Å². The van der Waals surface area contributed by atoms with Gasteiger partial charge in [-0.2, -0.15) is 0 Å². The van der Waals surface area contributed by atoms with Gasteiger partial charge in [-0.3, -0.25) is 9.79 Å². The molecule has 1 rings (SSSR count). The average molecular weight is 392 g/mol. The van der Waals surface area contributed by atoms with Crippen LogP contribution in [-0.2, 0) is 16.1 Å². The number of nitrogens with zero attached hydrogens (tertiary/aromatic N) is 1. The summed E-state index contributed by atoms with van der Waals surface area (Å²) in [5.41, 5.74) is 0.543. The summed E-state index contributed by atoms with van der Waals surface area (Å²) in [4.78, 5) is 27.9. The van der Waals surface area contributed by atoms with E-state index < -0.39 is 11.7 Å². The molecule has 0 aromatic heterocycles. The van der Waals surface area contributed by atoms with Crippen molar-refractivity contribution in [3.8, 4) is 0 Å². The summed E-state index contributed by atoms with van der Waals surface area (Å²) >= 11 is 0. The topological polar surface area (TPSA) is 104 Å². The van der Waals surface area contributed by atoms with Crippen LogP contribution in [0, 0.1) is 0 Å². The Balaban J connectivity index is 2.27. The predicted octanol–water partition coefficient (Wildman–Crippen LogP) is 1.77. The molecular weight excluding hydrogens is 358 g/mol. The molecule has 1 aromatic carbocycles. The van der Waals surface area contributed by atoms with Gasteiger partial charge in [-0.15, -0.1) is 0 Å². The van der Waals surface area contributed by atoms with E-state index in [0.29, 0.717) is 45.1 Å². The lowest BCUT2D eigenvalue weighted by molar-refractivity contribution is -0.121.